The first kappa shape index (κ1) is 19.4. The first-order valence-electron chi connectivity index (χ1n) is 9.88. The predicted octanol–water partition coefficient (Wildman–Crippen LogP) is 1.51. The predicted molar refractivity (Wildman–Crippen MR) is 109 cm³/mol. The van der Waals surface area contributed by atoms with Gasteiger partial charge in [-0.3, -0.25) is 14.6 Å². The van der Waals surface area contributed by atoms with Crippen LogP contribution in [0.3, 0.4) is 0 Å². The molecular formula is C22H26N4O3. The fraction of sp³-hybridized carbons (Fsp3) is 0.409. The van der Waals surface area contributed by atoms with E-state index in [-0.39, 0.29) is 17.4 Å². The Hall–Kier alpha value is -2.93. The Bertz CT molecular complexity index is 943. The van der Waals surface area contributed by atoms with Crippen molar-refractivity contribution < 1.29 is 14.3 Å². The zero-order valence-electron chi connectivity index (χ0n) is 16.6. The summed E-state index contributed by atoms with van der Waals surface area (Å²) >= 11 is 0. The molecule has 4 rings (SSSR count). The fourth-order valence-electron chi connectivity index (χ4n) is 4.47. The van der Waals surface area contributed by atoms with Crippen LogP contribution >= 0.6 is 0 Å². The lowest BCUT2D eigenvalue weighted by Crippen LogP contribution is -2.40. The molecule has 1 saturated heterocycles. The third-order valence-corrected chi connectivity index (χ3v) is 6.11. The van der Waals surface area contributed by atoms with Crippen LogP contribution in [0.5, 0.6) is 0 Å². The van der Waals surface area contributed by atoms with Gasteiger partial charge in [-0.1, -0.05) is 24.8 Å². The largest absolute Gasteiger partial charge is 0.385 e. The monoisotopic (exact) mass is 394 g/mol. The van der Waals surface area contributed by atoms with Crippen LogP contribution in [0.15, 0.2) is 48.5 Å². The summed E-state index contributed by atoms with van der Waals surface area (Å²) in [6.45, 7) is 6.87. The SMILES string of the molecule is C=C/C=C\C1=C(N)NC(=O)C12Cc1cnc(C(=O)NCC3(C)CCCO3)cc1C2. The number of pyridine rings is 1. The van der Waals surface area contributed by atoms with Gasteiger partial charge in [0, 0.05) is 24.9 Å². The highest BCUT2D eigenvalue weighted by Crippen LogP contribution is 2.46. The summed E-state index contributed by atoms with van der Waals surface area (Å²) in [4.78, 5) is 29.7. The van der Waals surface area contributed by atoms with Crippen molar-refractivity contribution in [3.8, 4) is 0 Å². The van der Waals surface area contributed by atoms with Gasteiger partial charge in [0.05, 0.1) is 11.0 Å². The first-order valence-corrected chi connectivity index (χ1v) is 9.88. The van der Waals surface area contributed by atoms with Crippen LogP contribution in [0.2, 0.25) is 0 Å². The minimum absolute atomic E-state index is 0.118. The second-order valence-corrected chi connectivity index (χ2v) is 8.23. The molecule has 4 N–H and O–H groups in total. The van der Waals surface area contributed by atoms with Crippen molar-refractivity contribution >= 4 is 11.8 Å². The number of hydrogen-bond acceptors (Lipinski definition) is 5. The number of nitrogens with two attached hydrogens (primary N) is 1. The quantitative estimate of drug-likeness (QED) is 0.657. The van der Waals surface area contributed by atoms with Crippen molar-refractivity contribution in [2.45, 2.75) is 38.2 Å². The Labute approximate surface area is 170 Å². The van der Waals surface area contributed by atoms with Gasteiger partial charge in [-0.25, -0.2) is 0 Å². The second kappa shape index (κ2) is 7.15. The molecule has 29 heavy (non-hydrogen) atoms. The lowest BCUT2D eigenvalue weighted by atomic mass is 9.78. The molecule has 3 heterocycles. The van der Waals surface area contributed by atoms with Gasteiger partial charge in [-0.05, 0) is 49.8 Å². The first-order chi connectivity index (χ1) is 13.9. The Morgan fingerprint density at radius 3 is 2.97 bits per heavy atom. The molecule has 3 aliphatic rings. The van der Waals surface area contributed by atoms with E-state index in [0.717, 1.165) is 36.1 Å². The Kier molecular flexibility index (Phi) is 4.78. The van der Waals surface area contributed by atoms with Crippen LogP contribution in [0.1, 0.15) is 41.4 Å². The van der Waals surface area contributed by atoms with Gasteiger partial charge in [0.25, 0.3) is 5.91 Å². The number of rotatable bonds is 5. The van der Waals surface area contributed by atoms with Crippen molar-refractivity contribution in [1.29, 1.82) is 0 Å². The van der Waals surface area contributed by atoms with Crippen LogP contribution in [0.25, 0.3) is 0 Å². The molecule has 1 aromatic heterocycles. The maximum atomic E-state index is 12.7. The Morgan fingerprint density at radius 2 is 2.24 bits per heavy atom. The van der Waals surface area contributed by atoms with Gasteiger partial charge in [0.2, 0.25) is 5.91 Å². The number of fused-ring (bicyclic) bond motifs is 1. The second-order valence-electron chi connectivity index (χ2n) is 8.23. The summed E-state index contributed by atoms with van der Waals surface area (Å²) in [5.74, 6) is 0.0204. The molecule has 7 nitrogen and oxygen atoms in total. The molecule has 2 unspecified atom stereocenters. The third kappa shape index (κ3) is 3.35. The van der Waals surface area contributed by atoms with Crippen LogP contribution in [0.4, 0.5) is 0 Å². The maximum Gasteiger partial charge on any atom is 0.269 e. The maximum absolute atomic E-state index is 12.7. The molecule has 0 aromatic carbocycles. The number of hydrogen-bond donors (Lipinski definition) is 3. The topological polar surface area (TPSA) is 106 Å². The van der Waals surface area contributed by atoms with E-state index >= 15 is 0 Å². The molecule has 2 amide bonds. The van der Waals surface area contributed by atoms with Crippen LogP contribution in [0, 0.1) is 5.41 Å². The summed E-state index contributed by atoms with van der Waals surface area (Å²) in [6, 6.07) is 1.79. The van der Waals surface area contributed by atoms with E-state index in [4.69, 9.17) is 10.5 Å². The van der Waals surface area contributed by atoms with E-state index in [1.54, 1.807) is 24.4 Å². The van der Waals surface area contributed by atoms with Crippen molar-refractivity contribution in [1.82, 2.24) is 15.6 Å². The number of allylic oxidation sites excluding steroid dienone is 3. The van der Waals surface area contributed by atoms with E-state index in [1.165, 1.54) is 0 Å². The van der Waals surface area contributed by atoms with Crippen LogP contribution < -0.4 is 16.4 Å². The number of carbonyl (C=O) groups is 2. The highest BCUT2D eigenvalue weighted by atomic mass is 16.5. The number of aromatic nitrogens is 1. The van der Waals surface area contributed by atoms with Gasteiger partial charge < -0.3 is 21.1 Å². The smallest absolute Gasteiger partial charge is 0.269 e. The summed E-state index contributed by atoms with van der Waals surface area (Å²) < 4.78 is 5.72. The lowest BCUT2D eigenvalue weighted by Gasteiger charge is -2.23. The molecule has 1 spiro atoms. The van der Waals surface area contributed by atoms with Crippen molar-refractivity contribution in [3.63, 3.8) is 0 Å². The van der Waals surface area contributed by atoms with Gasteiger partial charge in [-0.2, -0.15) is 0 Å². The number of ether oxygens (including phenoxy) is 1. The number of carbonyl (C=O) groups excluding carboxylic acids is 2. The summed E-state index contributed by atoms with van der Waals surface area (Å²) in [6.07, 6.45) is 9.87. The lowest BCUT2D eigenvalue weighted by molar-refractivity contribution is -0.126. The molecule has 0 radical (unpaired) electrons. The molecule has 1 fully saturated rings. The number of amides is 2. The van der Waals surface area contributed by atoms with Crippen molar-refractivity contribution in [2.75, 3.05) is 13.2 Å². The summed E-state index contributed by atoms with van der Waals surface area (Å²) in [5.41, 5.74) is 8.01. The fourth-order valence-corrected chi connectivity index (χ4v) is 4.47. The van der Waals surface area contributed by atoms with E-state index < -0.39 is 5.41 Å². The molecule has 2 atom stereocenters. The third-order valence-electron chi connectivity index (χ3n) is 6.11. The average molecular weight is 394 g/mol. The number of nitrogens with zero attached hydrogens (tertiary/aromatic N) is 1. The molecule has 1 aliphatic carbocycles. The van der Waals surface area contributed by atoms with Gasteiger partial charge in [0.15, 0.2) is 0 Å². The van der Waals surface area contributed by atoms with Gasteiger partial charge in [-0.15, -0.1) is 0 Å². The molecule has 152 valence electrons. The minimum atomic E-state index is -0.756. The van der Waals surface area contributed by atoms with Crippen LogP contribution in [-0.4, -0.2) is 35.6 Å². The minimum Gasteiger partial charge on any atom is -0.385 e. The van der Waals surface area contributed by atoms with Crippen molar-refractivity contribution in [2.24, 2.45) is 11.1 Å². The zero-order valence-corrected chi connectivity index (χ0v) is 16.6. The van der Waals surface area contributed by atoms with Crippen LogP contribution in [-0.2, 0) is 22.4 Å². The van der Waals surface area contributed by atoms with Gasteiger partial charge >= 0.3 is 0 Å². The molecular weight excluding hydrogens is 368 g/mol. The average Bonchev–Trinajstić information content (AvgIpc) is 3.35. The van der Waals surface area contributed by atoms with E-state index in [1.807, 2.05) is 13.0 Å². The molecule has 7 heteroatoms. The Balaban J connectivity index is 1.53. The molecule has 1 aromatic rings. The normalized spacial score (nSPS) is 28.2. The highest BCUT2D eigenvalue weighted by molar-refractivity contribution is 5.95. The molecule has 0 bridgehead atoms. The highest BCUT2D eigenvalue weighted by Gasteiger charge is 2.51. The standard InChI is InChI=1S/C22H26N4O3/c1-3-4-6-16-18(23)26-20(28)22(16)10-14-9-17(24-12-15(14)11-22)19(27)25-13-21(2)7-5-8-29-21/h3-4,6,9,12H,1,5,7-8,10-11,13,23H2,2H3,(H,25,27)(H,26,28)/b6-4-. The summed E-state index contributed by atoms with van der Waals surface area (Å²) in [7, 11) is 0. The van der Waals surface area contributed by atoms with Crippen molar-refractivity contribution in [3.05, 3.63) is 65.3 Å². The van der Waals surface area contributed by atoms with E-state index in [0.29, 0.717) is 30.9 Å². The number of nitrogens with one attached hydrogen (secondary N) is 2. The zero-order chi connectivity index (χ0) is 20.6. The Morgan fingerprint density at radius 1 is 1.45 bits per heavy atom. The van der Waals surface area contributed by atoms with Gasteiger partial charge in [0.1, 0.15) is 11.5 Å². The summed E-state index contributed by atoms with van der Waals surface area (Å²) in [5, 5.41) is 5.68. The molecule has 2 aliphatic heterocycles. The molecule has 0 saturated carbocycles. The van der Waals surface area contributed by atoms with E-state index in [9.17, 15) is 9.59 Å². The van der Waals surface area contributed by atoms with E-state index in [2.05, 4.69) is 22.2 Å².